The van der Waals surface area contributed by atoms with Crippen LogP contribution in [0.25, 0.3) is 0 Å². The number of aromatic nitrogens is 2. The van der Waals surface area contributed by atoms with E-state index in [1.165, 1.54) is 6.20 Å². The van der Waals surface area contributed by atoms with Gasteiger partial charge in [0.05, 0.1) is 18.7 Å². The van der Waals surface area contributed by atoms with Crippen molar-refractivity contribution in [2.45, 2.75) is 31.8 Å². The Labute approximate surface area is 94.2 Å². The summed E-state index contributed by atoms with van der Waals surface area (Å²) in [5.41, 5.74) is 0. The molecule has 0 bridgehead atoms. The molecule has 0 unspecified atom stereocenters. The summed E-state index contributed by atoms with van der Waals surface area (Å²) >= 11 is 0. The highest BCUT2D eigenvalue weighted by Crippen LogP contribution is 2.15. The maximum Gasteiger partial charge on any atom is 0.228 e. The van der Waals surface area contributed by atoms with Gasteiger partial charge in [-0.3, -0.25) is 9.78 Å². The van der Waals surface area contributed by atoms with Crippen LogP contribution in [0.15, 0.2) is 18.6 Å². The fourth-order valence-corrected chi connectivity index (χ4v) is 1.73. The van der Waals surface area contributed by atoms with Crippen molar-refractivity contribution in [2.75, 3.05) is 11.9 Å². The molecule has 2 rings (SSSR count). The van der Waals surface area contributed by atoms with E-state index < -0.39 is 0 Å². The summed E-state index contributed by atoms with van der Waals surface area (Å²) in [5, 5.41) is 2.70. The molecule has 1 aliphatic heterocycles. The molecule has 2 heterocycles. The maximum absolute atomic E-state index is 11.6. The lowest BCUT2D eigenvalue weighted by Crippen LogP contribution is -2.25. The second-order valence-electron chi connectivity index (χ2n) is 3.83. The van der Waals surface area contributed by atoms with E-state index in [1.807, 2.05) is 0 Å². The van der Waals surface area contributed by atoms with Crippen LogP contribution in [0.1, 0.15) is 25.7 Å². The molecule has 1 fully saturated rings. The van der Waals surface area contributed by atoms with Gasteiger partial charge in [0.25, 0.3) is 0 Å². The molecule has 1 aromatic rings. The zero-order valence-electron chi connectivity index (χ0n) is 9.06. The van der Waals surface area contributed by atoms with Gasteiger partial charge >= 0.3 is 0 Å². The van der Waals surface area contributed by atoms with E-state index >= 15 is 0 Å². The van der Waals surface area contributed by atoms with Crippen molar-refractivity contribution in [1.29, 1.82) is 0 Å². The van der Waals surface area contributed by atoms with Crippen molar-refractivity contribution in [3.63, 3.8) is 0 Å². The van der Waals surface area contributed by atoms with Crippen molar-refractivity contribution in [3.05, 3.63) is 18.6 Å². The Hall–Kier alpha value is -1.49. The normalized spacial score (nSPS) is 20.4. The lowest BCUT2D eigenvalue weighted by atomic mass is 10.1. The van der Waals surface area contributed by atoms with Crippen molar-refractivity contribution in [3.8, 4) is 0 Å². The molecule has 0 aliphatic carbocycles. The molecule has 86 valence electrons. The van der Waals surface area contributed by atoms with Crippen LogP contribution in [0, 0.1) is 0 Å². The number of rotatable bonds is 3. The van der Waals surface area contributed by atoms with Gasteiger partial charge in [-0.1, -0.05) is 0 Å². The Morgan fingerprint density at radius 3 is 3.12 bits per heavy atom. The van der Waals surface area contributed by atoms with Gasteiger partial charge in [-0.2, -0.15) is 0 Å². The number of carbonyl (C=O) groups is 1. The molecule has 0 aromatic carbocycles. The number of nitrogens with zero attached hydrogens (tertiary/aromatic N) is 2. The minimum Gasteiger partial charge on any atom is -0.378 e. The topological polar surface area (TPSA) is 64.1 Å². The minimum absolute atomic E-state index is 0.0606. The van der Waals surface area contributed by atoms with Crippen LogP contribution < -0.4 is 5.32 Å². The van der Waals surface area contributed by atoms with Crippen LogP contribution in [0.4, 0.5) is 5.82 Å². The van der Waals surface area contributed by atoms with Gasteiger partial charge in [0.2, 0.25) is 5.91 Å². The van der Waals surface area contributed by atoms with Crippen LogP contribution in [0.2, 0.25) is 0 Å². The number of hydrogen-bond acceptors (Lipinski definition) is 4. The van der Waals surface area contributed by atoms with E-state index in [-0.39, 0.29) is 12.0 Å². The van der Waals surface area contributed by atoms with Crippen LogP contribution in [-0.2, 0) is 9.53 Å². The first-order chi connectivity index (χ1) is 7.84. The van der Waals surface area contributed by atoms with Gasteiger partial charge in [0.1, 0.15) is 0 Å². The van der Waals surface area contributed by atoms with Crippen LogP contribution in [-0.4, -0.2) is 28.6 Å². The fraction of sp³-hybridized carbons (Fsp3) is 0.545. The lowest BCUT2D eigenvalue weighted by molar-refractivity contribution is -0.119. The average molecular weight is 221 g/mol. The van der Waals surface area contributed by atoms with Gasteiger partial charge in [-0.05, 0) is 19.3 Å². The number of ether oxygens (including phenoxy) is 1. The monoisotopic (exact) mass is 221 g/mol. The molecule has 1 atom stereocenters. The van der Waals surface area contributed by atoms with Crippen molar-refractivity contribution in [2.24, 2.45) is 0 Å². The first kappa shape index (κ1) is 11.0. The SMILES string of the molecule is O=C(C[C@H]1CCCCO1)Nc1cnccn1. The van der Waals surface area contributed by atoms with Crippen LogP contribution >= 0.6 is 0 Å². The largest absolute Gasteiger partial charge is 0.378 e. The second-order valence-corrected chi connectivity index (χ2v) is 3.83. The number of hydrogen-bond donors (Lipinski definition) is 1. The van der Waals surface area contributed by atoms with E-state index in [4.69, 9.17) is 4.74 Å². The Balaban J connectivity index is 1.80. The molecule has 16 heavy (non-hydrogen) atoms. The molecule has 0 spiro atoms. The highest BCUT2D eigenvalue weighted by Gasteiger charge is 2.17. The standard InChI is InChI=1S/C11H15N3O2/c15-11(7-9-3-1-2-6-16-9)14-10-8-12-4-5-13-10/h4-5,8-9H,1-3,6-7H2,(H,13,14,15)/t9-/m1/s1. The summed E-state index contributed by atoms with van der Waals surface area (Å²) in [6.07, 6.45) is 8.31. The van der Waals surface area contributed by atoms with Gasteiger partial charge in [-0.25, -0.2) is 4.98 Å². The average Bonchev–Trinajstić information content (AvgIpc) is 2.31. The van der Waals surface area contributed by atoms with Gasteiger partial charge in [0.15, 0.2) is 5.82 Å². The molecule has 1 N–H and O–H groups in total. The lowest BCUT2D eigenvalue weighted by Gasteiger charge is -2.21. The summed E-state index contributed by atoms with van der Waals surface area (Å²) < 4.78 is 5.49. The second kappa shape index (κ2) is 5.55. The summed E-state index contributed by atoms with van der Waals surface area (Å²) in [6, 6.07) is 0. The van der Waals surface area contributed by atoms with E-state index in [9.17, 15) is 4.79 Å². The number of carbonyl (C=O) groups excluding carboxylic acids is 1. The highest BCUT2D eigenvalue weighted by molar-refractivity contribution is 5.89. The van der Waals surface area contributed by atoms with Crippen molar-refractivity contribution in [1.82, 2.24) is 9.97 Å². The molecular weight excluding hydrogens is 206 g/mol. The number of anilines is 1. The van der Waals surface area contributed by atoms with Crippen molar-refractivity contribution >= 4 is 11.7 Å². The summed E-state index contributed by atoms with van der Waals surface area (Å²) in [5.74, 6) is 0.427. The van der Waals surface area contributed by atoms with Crippen LogP contribution in [0.3, 0.4) is 0 Å². The maximum atomic E-state index is 11.6. The predicted octanol–water partition coefficient (Wildman–Crippen LogP) is 1.37. The molecule has 5 heteroatoms. The Morgan fingerprint density at radius 1 is 1.50 bits per heavy atom. The quantitative estimate of drug-likeness (QED) is 0.837. The highest BCUT2D eigenvalue weighted by atomic mass is 16.5. The Morgan fingerprint density at radius 2 is 2.44 bits per heavy atom. The Bertz CT molecular complexity index is 336. The Kier molecular flexibility index (Phi) is 3.82. The summed E-state index contributed by atoms with van der Waals surface area (Å²) in [4.78, 5) is 19.5. The van der Waals surface area contributed by atoms with E-state index in [1.54, 1.807) is 12.4 Å². The van der Waals surface area contributed by atoms with E-state index in [0.29, 0.717) is 12.2 Å². The van der Waals surface area contributed by atoms with Gasteiger partial charge in [-0.15, -0.1) is 0 Å². The number of nitrogens with one attached hydrogen (secondary N) is 1. The van der Waals surface area contributed by atoms with Crippen LogP contribution in [0.5, 0.6) is 0 Å². The summed E-state index contributed by atoms with van der Waals surface area (Å²) in [7, 11) is 0. The third kappa shape index (κ3) is 3.27. The predicted molar refractivity (Wildman–Crippen MR) is 58.9 cm³/mol. The number of amides is 1. The fourth-order valence-electron chi connectivity index (χ4n) is 1.73. The van der Waals surface area contributed by atoms with Gasteiger partial charge < -0.3 is 10.1 Å². The molecule has 5 nitrogen and oxygen atoms in total. The van der Waals surface area contributed by atoms with E-state index in [0.717, 1.165) is 25.9 Å². The summed E-state index contributed by atoms with van der Waals surface area (Å²) in [6.45, 7) is 0.767. The third-order valence-corrected chi connectivity index (χ3v) is 2.52. The molecular formula is C11H15N3O2. The molecule has 1 aliphatic rings. The third-order valence-electron chi connectivity index (χ3n) is 2.52. The zero-order chi connectivity index (χ0) is 11.2. The minimum atomic E-state index is -0.0626. The molecule has 1 amide bonds. The molecule has 1 aromatic heterocycles. The molecule has 0 saturated carbocycles. The first-order valence-electron chi connectivity index (χ1n) is 5.52. The van der Waals surface area contributed by atoms with E-state index in [2.05, 4.69) is 15.3 Å². The molecule has 1 saturated heterocycles. The van der Waals surface area contributed by atoms with Gasteiger partial charge in [0, 0.05) is 19.0 Å². The molecule has 0 radical (unpaired) electrons. The first-order valence-corrected chi connectivity index (χ1v) is 5.52. The van der Waals surface area contributed by atoms with Crippen molar-refractivity contribution < 1.29 is 9.53 Å². The zero-order valence-corrected chi connectivity index (χ0v) is 9.06. The smallest absolute Gasteiger partial charge is 0.228 e.